The molecule has 0 unspecified atom stereocenters. The monoisotopic (exact) mass is 617 g/mol. The second kappa shape index (κ2) is 14.0. The van der Waals surface area contributed by atoms with Gasteiger partial charge < -0.3 is 25.4 Å². The van der Waals surface area contributed by atoms with Gasteiger partial charge in [0, 0.05) is 19.1 Å². The first-order valence-electron chi connectivity index (χ1n) is 14.7. The Morgan fingerprint density at radius 3 is 2.23 bits per heavy atom. The fourth-order valence-corrected chi connectivity index (χ4v) is 6.43. The predicted molar refractivity (Wildman–Crippen MR) is 171 cm³/mol. The van der Waals surface area contributed by atoms with Gasteiger partial charge in [0.2, 0.25) is 11.8 Å². The molecule has 10 heteroatoms. The number of likely N-dealkylation sites (tertiary alicyclic amines) is 1. The van der Waals surface area contributed by atoms with Gasteiger partial charge in [-0.3, -0.25) is 19.2 Å². The molecule has 3 atom stereocenters. The lowest BCUT2D eigenvalue weighted by Gasteiger charge is -2.43. The van der Waals surface area contributed by atoms with E-state index in [9.17, 15) is 24.3 Å². The highest BCUT2D eigenvalue weighted by molar-refractivity contribution is 7.59. The Hall–Kier alpha value is -4.31. The second-order valence-corrected chi connectivity index (χ2v) is 11.3. The molecule has 0 radical (unpaired) electrons. The molecule has 0 aromatic heterocycles. The molecule has 1 heterocycles. The van der Waals surface area contributed by atoms with Crippen molar-refractivity contribution in [2.24, 2.45) is 0 Å². The van der Waals surface area contributed by atoms with Gasteiger partial charge in [-0.05, 0) is 61.4 Å². The zero-order chi connectivity index (χ0) is 30.6. The van der Waals surface area contributed by atoms with Crippen molar-refractivity contribution >= 4 is 37.2 Å². The molecule has 2 aliphatic rings. The summed E-state index contributed by atoms with van der Waals surface area (Å²) in [7, 11) is 1.53. The van der Waals surface area contributed by atoms with Crippen molar-refractivity contribution in [3.8, 4) is 5.75 Å². The minimum atomic E-state index is -1.13. The third-order valence-corrected chi connectivity index (χ3v) is 8.77. The van der Waals surface area contributed by atoms with Crippen molar-refractivity contribution in [1.82, 2.24) is 15.5 Å². The molecule has 5 rings (SSSR count). The molecule has 44 heavy (non-hydrogen) atoms. The Kier molecular flexibility index (Phi) is 10.4. The average molecular weight is 618 g/mol. The van der Waals surface area contributed by atoms with E-state index < -0.39 is 29.3 Å². The maximum Gasteiger partial charge on any atom is 0.325 e. The van der Waals surface area contributed by atoms with Crippen LogP contribution in [0.2, 0.25) is 0 Å². The van der Waals surface area contributed by atoms with Gasteiger partial charge in [0.05, 0.1) is 24.0 Å². The number of hydrogen-bond donors (Lipinski definition) is 3. The quantitative estimate of drug-likeness (QED) is 0.351. The van der Waals surface area contributed by atoms with E-state index in [1.165, 1.54) is 14.0 Å². The van der Waals surface area contributed by atoms with Gasteiger partial charge in [-0.2, -0.15) is 13.5 Å². The van der Waals surface area contributed by atoms with Gasteiger partial charge in [0.1, 0.15) is 11.8 Å². The van der Waals surface area contributed by atoms with Gasteiger partial charge in [-0.1, -0.05) is 66.7 Å². The van der Waals surface area contributed by atoms with Crippen molar-refractivity contribution in [2.75, 3.05) is 20.2 Å². The van der Waals surface area contributed by atoms with E-state index in [0.29, 0.717) is 50.1 Å². The number of nitrogens with one attached hydrogen (secondary N) is 2. The fourth-order valence-electron chi connectivity index (χ4n) is 6.43. The van der Waals surface area contributed by atoms with E-state index in [4.69, 9.17) is 4.74 Å². The van der Waals surface area contributed by atoms with Crippen molar-refractivity contribution in [2.45, 2.75) is 56.0 Å². The number of carboxylic acids is 1. The zero-order valence-corrected chi connectivity index (χ0v) is 25.9. The summed E-state index contributed by atoms with van der Waals surface area (Å²) in [6.07, 6.45) is 2.05. The molecule has 1 fully saturated rings. The molecular weight excluding hydrogens is 578 g/mol. The van der Waals surface area contributed by atoms with Crippen LogP contribution in [0.3, 0.4) is 0 Å². The van der Waals surface area contributed by atoms with E-state index in [1.54, 1.807) is 18.2 Å². The maximum absolute atomic E-state index is 14.0. The van der Waals surface area contributed by atoms with Crippen LogP contribution in [-0.4, -0.2) is 66.0 Å². The van der Waals surface area contributed by atoms with Crippen LogP contribution in [0.25, 0.3) is 0 Å². The SMILES string of the molecule is COc1ccccc1C(=O)NC1CCN(C(=O)[C@H]2CC[C@@](C(=O)N[C@H](C)C(=O)O)(c3ccccc3)c3ccccc32)CC1.S. The Morgan fingerprint density at radius 2 is 1.55 bits per heavy atom. The van der Waals surface area contributed by atoms with Gasteiger partial charge in [-0.25, -0.2) is 0 Å². The smallest absolute Gasteiger partial charge is 0.325 e. The lowest BCUT2D eigenvalue weighted by molar-refractivity contribution is -0.142. The summed E-state index contributed by atoms with van der Waals surface area (Å²) in [4.78, 5) is 54.3. The number of benzene rings is 3. The van der Waals surface area contributed by atoms with Crippen LogP contribution in [-0.2, 0) is 19.8 Å². The number of carbonyl (C=O) groups is 4. The first-order valence-corrected chi connectivity index (χ1v) is 14.7. The fraction of sp³-hybridized carbons (Fsp3) is 0.353. The number of amides is 3. The van der Waals surface area contributed by atoms with E-state index >= 15 is 0 Å². The largest absolute Gasteiger partial charge is 0.496 e. The van der Waals surface area contributed by atoms with E-state index in [0.717, 1.165) is 16.7 Å². The summed E-state index contributed by atoms with van der Waals surface area (Å²) in [5, 5.41) is 15.3. The molecule has 0 spiro atoms. The molecule has 1 aliphatic heterocycles. The Labute approximate surface area is 264 Å². The van der Waals surface area contributed by atoms with Crippen LogP contribution >= 0.6 is 13.5 Å². The number of aliphatic carboxylic acids is 1. The van der Waals surface area contributed by atoms with E-state index in [2.05, 4.69) is 10.6 Å². The topological polar surface area (TPSA) is 125 Å². The van der Waals surface area contributed by atoms with E-state index in [1.807, 2.05) is 65.6 Å². The third kappa shape index (κ3) is 6.31. The second-order valence-electron chi connectivity index (χ2n) is 11.3. The molecule has 0 saturated carbocycles. The minimum Gasteiger partial charge on any atom is -0.496 e. The lowest BCUT2D eigenvalue weighted by Crippen LogP contribution is -2.53. The van der Waals surface area contributed by atoms with Crippen molar-refractivity contribution in [3.05, 3.63) is 101 Å². The number of rotatable bonds is 8. The number of nitrogens with zero attached hydrogens (tertiary/aromatic N) is 1. The van der Waals surface area contributed by atoms with Crippen LogP contribution < -0.4 is 15.4 Å². The molecular formula is C34H39N3O6S. The number of hydrogen-bond acceptors (Lipinski definition) is 5. The number of para-hydroxylation sites is 1. The molecule has 1 aliphatic carbocycles. The maximum atomic E-state index is 14.0. The number of carboxylic acid groups (broad SMARTS) is 1. The number of methoxy groups -OCH3 is 1. The van der Waals surface area contributed by atoms with E-state index in [-0.39, 0.29) is 31.4 Å². The van der Waals surface area contributed by atoms with Crippen LogP contribution in [0, 0.1) is 0 Å². The van der Waals surface area contributed by atoms with Gasteiger partial charge in [0.15, 0.2) is 0 Å². The highest BCUT2D eigenvalue weighted by Crippen LogP contribution is 2.48. The standard InChI is InChI=1S/C34H37N3O6.H2S/c1-22(32(40)41)35-33(42)34(23-10-4-3-5-11-23)19-16-26(25-12-6-8-14-28(25)34)31(39)37-20-17-24(18-21-37)36-30(38)27-13-7-9-15-29(27)43-2;/h3-15,22,24,26H,16-21H2,1-2H3,(H,35,42)(H,36,38)(H,40,41);1H2/t22-,26+,34-;/m1./s1. The molecule has 3 aromatic carbocycles. The van der Waals surface area contributed by atoms with Gasteiger partial charge in [-0.15, -0.1) is 0 Å². The normalized spacial score (nSPS) is 20.3. The Balaban J connectivity index is 0.00000442. The highest BCUT2D eigenvalue weighted by atomic mass is 32.1. The first-order chi connectivity index (χ1) is 20.8. The molecule has 232 valence electrons. The van der Waals surface area contributed by atoms with Gasteiger partial charge in [0.25, 0.3) is 5.91 Å². The summed E-state index contributed by atoms with van der Waals surface area (Å²) in [5.74, 6) is -1.62. The zero-order valence-electron chi connectivity index (χ0n) is 24.9. The average Bonchev–Trinajstić information content (AvgIpc) is 3.04. The summed E-state index contributed by atoms with van der Waals surface area (Å²) in [6, 6.07) is 22.8. The number of ether oxygens (including phenoxy) is 1. The van der Waals surface area contributed by atoms with Crippen molar-refractivity contribution < 1.29 is 29.0 Å². The number of piperidine rings is 1. The predicted octanol–water partition coefficient (Wildman–Crippen LogP) is 3.98. The minimum absolute atomic E-state index is 0. The molecule has 0 bridgehead atoms. The van der Waals surface area contributed by atoms with Gasteiger partial charge >= 0.3 is 5.97 Å². The molecule has 3 aromatic rings. The van der Waals surface area contributed by atoms with Crippen LogP contribution in [0.15, 0.2) is 78.9 Å². The first kappa shape index (κ1) is 32.6. The number of fused-ring (bicyclic) bond motifs is 1. The molecule has 1 saturated heterocycles. The molecule has 9 nitrogen and oxygen atoms in total. The van der Waals surface area contributed by atoms with Crippen LogP contribution in [0.4, 0.5) is 0 Å². The summed E-state index contributed by atoms with van der Waals surface area (Å²) >= 11 is 0. The molecule has 3 amide bonds. The Morgan fingerprint density at radius 1 is 0.909 bits per heavy atom. The van der Waals surface area contributed by atoms with Crippen LogP contribution in [0.1, 0.15) is 65.6 Å². The summed E-state index contributed by atoms with van der Waals surface area (Å²) < 4.78 is 5.32. The lowest BCUT2D eigenvalue weighted by atomic mass is 9.62. The third-order valence-electron chi connectivity index (χ3n) is 8.77. The summed E-state index contributed by atoms with van der Waals surface area (Å²) in [5.41, 5.74) is 1.61. The number of carbonyl (C=O) groups excluding carboxylic acids is 3. The van der Waals surface area contributed by atoms with Crippen LogP contribution in [0.5, 0.6) is 5.75 Å². The summed E-state index contributed by atoms with van der Waals surface area (Å²) in [6.45, 7) is 2.46. The Bertz CT molecular complexity index is 1510. The highest BCUT2D eigenvalue weighted by Gasteiger charge is 2.49. The van der Waals surface area contributed by atoms with Crippen molar-refractivity contribution in [1.29, 1.82) is 0 Å². The molecule has 3 N–H and O–H groups in total. The van der Waals surface area contributed by atoms with Crippen molar-refractivity contribution in [3.63, 3.8) is 0 Å².